The van der Waals surface area contributed by atoms with Crippen LogP contribution in [0.5, 0.6) is 0 Å². The molecule has 1 fully saturated rings. The van der Waals surface area contributed by atoms with Crippen molar-refractivity contribution in [1.29, 1.82) is 0 Å². The molecule has 4 rings (SSSR count). The van der Waals surface area contributed by atoms with E-state index in [2.05, 4.69) is 9.55 Å². The Morgan fingerprint density at radius 1 is 1.00 bits per heavy atom. The van der Waals surface area contributed by atoms with Crippen molar-refractivity contribution in [3.63, 3.8) is 0 Å². The maximum atomic E-state index is 12.7. The Morgan fingerprint density at radius 2 is 1.73 bits per heavy atom. The molecule has 156 valence electrons. The smallest absolute Gasteiger partial charge is 0.239 e. The van der Waals surface area contributed by atoms with Crippen molar-refractivity contribution in [1.82, 2.24) is 19.4 Å². The number of rotatable bonds is 6. The highest BCUT2D eigenvalue weighted by Gasteiger charge is 2.27. The predicted molar refractivity (Wildman–Crippen MR) is 116 cm³/mol. The van der Waals surface area contributed by atoms with E-state index in [0.717, 1.165) is 16.5 Å². The van der Waals surface area contributed by atoms with Gasteiger partial charge in [0.2, 0.25) is 11.8 Å². The Bertz CT molecular complexity index is 1010. The number of aryl methyl sites for hydroxylation is 1. The number of hydrogen-bond acceptors (Lipinski definition) is 4. The van der Waals surface area contributed by atoms with Gasteiger partial charge in [-0.2, -0.15) is 0 Å². The number of amides is 2. The third-order valence-electron chi connectivity index (χ3n) is 5.70. The highest BCUT2D eigenvalue weighted by Crippen LogP contribution is 2.15. The molecule has 2 amide bonds. The molecule has 0 aliphatic carbocycles. The molecular formula is C23H27N5O2. The number of fused-ring (bicyclic) bond motifs is 1. The molecule has 7 nitrogen and oxygen atoms in total. The van der Waals surface area contributed by atoms with Gasteiger partial charge in [0.15, 0.2) is 0 Å². The van der Waals surface area contributed by atoms with Crippen molar-refractivity contribution in [2.45, 2.75) is 25.4 Å². The van der Waals surface area contributed by atoms with Crippen molar-refractivity contribution in [2.75, 3.05) is 26.2 Å². The lowest BCUT2D eigenvalue weighted by molar-refractivity contribution is -0.140. The normalized spacial score (nSPS) is 15.4. The number of nitrogens with zero attached hydrogens (tertiary/aromatic N) is 4. The van der Waals surface area contributed by atoms with E-state index in [-0.39, 0.29) is 11.8 Å². The quantitative estimate of drug-likeness (QED) is 0.676. The third-order valence-corrected chi connectivity index (χ3v) is 5.70. The standard InChI is InChI=1S/C23H27N5O2/c24-20(16-18-4-2-1-3-5-18)23(30)28-14-12-27(13-15-28)22(29)8-11-26-10-7-19-6-9-25-17-21(19)26/h1-7,9-10,17,20H,8,11-16,24H2/t20-/m0/s1. The van der Waals surface area contributed by atoms with E-state index in [0.29, 0.717) is 45.6 Å². The second-order valence-electron chi connectivity index (χ2n) is 7.70. The first kappa shape index (κ1) is 20.1. The van der Waals surface area contributed by atoms with E-state index in [1.165, 1.54) is 0 Å². The Balaban J connectivity index is 1.25. The first-order valence-electron chi connectivity index (χ1n) is 10.4. The molecule has 0 bridgehead atoms. The zero-order valence-electron chi connectivity index (χ0n) is 17.0. The average molecular weight is 406 g/mol. The maximum Gasteiger partial charge on any atom is 0.239 e. The highest BCUT2D eigenvalue weighted by atomic mass is 16.2. The number of nitrogens with two attached hydrogens (primary N) is 1. The fraction of sp³-hybridized carbons (Fsp3) is 0.348. The Labute approximate surface area is 176 Å². The summed E-state index contributed by atoms with van der Waals surface area (Å²) in [4.78, 5) is 33.1. The first-order valence-corrected chi connectivity index (χ1v) is 10.4. The van der Waals surface area contributed by atoms with Gasteiger partial charge in [-0.1, -0.05) is 30.3 Å². The molecule has 1 atom stereocenters. The van der Waals surface area contributed by atoms with E-state index in [9.17, 15) is 9.59 Å². The van der Waals surface area contributed by atoms with Gasteiger partial charge in [-0.25, -0.2) is 0 Å². The van der Waals surface area contributed by atoms with E-state index in [1.54, 1.807) is 11.1 Å². The van der Waals surface area contributed by atoms with Crippen molar-refractivity contribution in [2.24, 2.45) is 5.73 Å². The molecule has 2 aromatic heterocycles. The molecule has 1 aliphatic heterocycles. The summed E-state index contributed by atoms with van der Waals surface area (Å²) in [5.41, 5.74) is 8.23. The second-order valence-corrected chi connectivity index (χ2v) is 7.70. The molecule has 1 aliphatic rings. The zero-order chi connectivity index (χ0) is 20.9. The first-order chi connectivity index (χ1) is 14.6. The number of benzene rings is 1. The van der Waals surface area contributed by atoms with Crippen LogP contribution in [-0.4, -0.2) is 63.4 Å². The summed E-state index contributed by atoms with van der Waals surface area (Å²) < 4.78 is 2.06. The van der Waals surface area contributed by atoms with Crippen molar-refractivity contribution in [3.05, 3.63) is 66.6 Å². The van der Waals surface area contributed by atoms with Crippen LogP contribution >= 0.6 is 0 Å². The van der Waals surface area contributed by atoms with Crippen LogP contribution in [0.1, 0.15) is 12.0 Å². The number of pyridine rings is 1. The largest absolute Gasteiger partial charge is 0.346 e. The molecular weight excluding hydrogens is 378 g/mol. The van der Waals surface area contributed by atoms with Gasteiger partial charge in [0.1, 0.15) is 0 Å². The molecule has 1 saturated heterocycles. The summed E-state index contributed by atoms with van der Waals surface area (Å²) in [6.45, 7) is 2.79. The molecule has 0 saturated carbocycles. The van der Waals surface area contributed by atoms with Gasteiger partial charge in [0, 0.05) is 56.9 Å². The summed E-state index contributed by atoms with van der Waals surface area (Å²) in [6.07, 6.45) is 6.54. The van der Waals surface area contributed by atoms with E-state index in [1.807, 2.05) is 59.8 Å². The van der Waals surface area contributed by atoms with Crippen LogP contribution in [0.2, 0.25) is 0 Å². The van der Waals surface area contributed by atoms with Crippen LogP contribution in [0.4, 0.5) is 0 Å². The Morgan fingerprint density at radius 3 is 2.50 bits per heavy atom. The second kappa shape index (κ2) is 9.09. The number of carbonyl (C=O) groups is 2. The summed E-state index contributed by atoms with van der Waals surface area (Å²) >= 11 is 0. The summed E-state index contributed by atoms with van der Waals surface area (Å²) in [7, 11) is 0. The fourth-order valence-electron chi connectivity index (χ4n) is 3.96. The Kier molecular flexibility index (Phi) is 6.09. The minimum atomic E-state index is -0.551. The summed E-state index contributed by atoms with van der Waals surface area (Å²) in [6, 6.07) is 13.3. The van der Waals surface area contributed by atoms with Gasteiger partial charge >= 0.3 is 0 Å². The topological polar surface area (TPSA) is 84.5 Å². The van der Waals surface area contributed by atoms with Gasteiger partial charge in [0.25, 0.3) is 0 Å². The lowest BCUT2D eigenvalue weighted by Gasteiger charge is -2.36. The van der Waals surface area contributed by atoms with Gasteiger partial charge in [-0.3, -0.25) is 14.6 Å². The summed E-state index contributed by atoms with van der Waals surface area (Å²) in [5.74, 6) is 0.0682. The highest BCUT2D eigenvalue weighted by molar-refractivity contribution is 5.83. The van der Waals surface area contributed by atoms with Gasteiger partial charge in [-0.05, 0) is 24.1 Å². The SMILES string of the molecule is N[C@@H](Cc1ccccc1)C(=O)N1CCN(C(=O)CCn2ccc3ccncc32)CC1. The molecule has 2 N–H and O–H groups in total. The van der Waals surface area contributed by atoms with Crippen LogP contribution in [0.25, 0.3) is 10.9 Å². The molecule has 0 spiro atoms. The zero-order valence-corrected chi connectivity index (χ0v) is 17.0. The number of hydrogen-bond donors (Lipinski definition) is 1. The van der Waals surface area contributed by atoms with Crippen LogP contribution in [0, 0.1) is 0 Å². The number of piperazine rings is 1. The molecule has 30 heavy (non-hydrogen) atoms. The van der Waals surface area contributed by atoms with Gasteiger partial charge in [-0.15, -0.1) is 0 Å². The molecule has 1 aromatic carbocycles. The van der Waals surface area contributed by atoms with E-state index >= 15 is 0 Å². The van der Waals surface area contributed by atoms with Crippen LogP contribution in [0.3, 0.4) is 0 Å². The maximum absolute atomic E-state index is 12.7. The van der Waals surface area contributed by atoms with E-state index in [4.69, 9.17) is 5.73 Å². The average Bonchev–Trinajstić information content (AvgIpc) is 3.21. The van der Waals surface area contributed by atoms with Crippen molar-refractivity contribution >= 4 is 22.7 Å². The van der Waals surface area contributed by atoms with Gasteiger partial charge in [0.05, 0.1) is 17.8 Å². The molecule has 0 radical (unpaired) electrons. The van der Waals surface area contributed by atoms with Crippen molar-refractivity contribution < 1.29 is 9.59 Å². The third kappa shape index (κ3) is 4.52. The van der Waals surface area contributed by atoms with Crippen molar-refractivity contribution in [3.8, 4) is 0 Å². The fourth-order valence-corrected chi connectivity index (χ4v) is 3.96. The molecule has 0 unspecified atom stereocenters. The molecule has 3 aromatic rings. The lowest BCUT2D eigenvalue weighted by atomic mass is 10.1. The number of carbonyl (C=O) groups excluding carboxylic acids is 2. The predicted octanol–water partition coefficient (Wildman–Crippen LogP) is 1.67. The van der Waals surface area contributed by atoms with E-state index < -0.39 is 6.04 Å². The Hall–Kier alpha value is -3.19. The lowest BCUT2D eigenvalue weighted by Crippen LogP contribution is -2.54. The molecule has 3 heterocycles. The minimum Gasteiger partial charge on any atom is -0.346 e. The summed E-state index contributed by atoms with van der Waals surface area (Å²) in [5, 5.41) is 1.12. The van der Waals surface area contributed by atoms with Crippen LogP contribution in [-0.2, 0) is 22.6 Å². The monoisotopic (exact) mass is 405 g/mol. The van der Waals surface area contributed by atoms with Crippen LogP contribution < -0.4 is 5.73 Å². The number of aromatic nitrogens is 2. The minimum absolute atomic E-state index is 0.0442. The molecule has 7 heteroatoms. The van der Waals surface area contributed by atoms with Crippen LogP contribution in [0.15, 0.2) is 61.1 Å². The van der Waals surface area contributed by atoms with Gasteiger partial charge < -0.3 is 20.1 Å².